The Hall–Kier alpha value is -1.80. The van der Waals surface area contributed by atoms with Gasteiger partial charge in [-0.15, -0.1) is 0 Å². The van der Waals surface area contributed by atoms with Gasteiger partial charge in [0.25, 0.3) is 0 Å². The molecule has 0 bridgehead atoms. The molecule has 0 saturated heterocycles. The Morgan fingerprint density at radius 1 is 1.05 bits per heavy atom. The number of likely N-dealkylation sites (N-methyl/N-ethyl adjacent to an activating group) is 1. The molecule has 0 aliphatic carbocycles. The zero-order chi connectivity index (χ0) is 14.4. The van der Waals surface area contributed by atoms with E-state index < -0.39 is 0 Å². The monoisotopic (exact) mass is 269 g/mol. The maximum atomic E-state index is 5.30. The number of benzene rings is 2. The zero-order valence-electron chi connectivity index (χ0n) is 12.5. The number of aryl methyl sites for hydroxylation is 1. The van der Waals surface area contributed by atoms with E-state index in [4.69, 9.17) is 4.74 Å². The van der Waals surface area contributed by atoms with Crippen LogP contribution in [0.1, 0.15) is 29.7 Å². The van der Waals surface area contributed by atoms with Crippen molar-refractivity contribution in [2.24, 2.45) is 0 Å². The second kappa shape index (κ2) is 7.11. The van der Waals surface area contributed by atoms with E-state index in [0.29, 0.717) is 6.04 Å². The highest BCUT2D eigenvalue weighted by Gasteiger charge is 2.10. The van der Waals surface area contributed by atoms with Crippen LogP contribution in [0.4, 0.5) is 0 Å². The van der Waals surface area contributed by atoms with Crippen molar-refractivity contribution >= 4 is 0 Å². The van der Waals surface area contributed by atoms with E-state index >= 15 is 0 Å². The Balaban J connectivity index is 2.14. The molecule has 0 heterocycles. The lowest BCUT2D eigenvalue weighted by Gasteiger charge is -2.17. The van der Waals surface area contributed by atoms with Crippen LogP contribution < -0.4 is 10.1 Å². The summed E-state index contributed by atoms with van der Waals surface area (Å²) in [7, 11) is 3.71. The predicted molar refractivity (Wildman–Crippen MR) is 84.3 cm³/mol. The molecule has 1 N–H and O–H groups in total. The van der Waals surface area contributed by atoms with E-state index in [1.54, 1.807) is 7.11 Å². The largest absolute Gasteiger partial charge is 0.497 e. The topological polar surface area (TPSA) is 21.3 Å². The third-order valence-corrected chi connectivity index (χ3v) is 3.72. The Labute approximate surface area is 121 Å². The Morgan fingerprint density at radius 2 is 1.75 bits per heavy atom. The molecule has 0 aromatic heterocycles. The molecule has 106 valence electrons. The van der Waals surface area contributed by atoms with Crippen LogP contribution in [0.3, 0.4) is 0 Å². The van der Waals surface area contributed by atoms with Gasteiger partial charge in [-0.3, -0.25) is 0 Å². The van der Waals surface area contributed by atoms with Gasteiger partial charge in [-0.05, 0) is 48.7 Å². The van der Waals surface area contributed by atoms with Gasteiger partial charge in [-0.2, -0.15) is 0 Å². The highest BCUT2D eigenvalue weighted by Crippen LogP contribution is 2.22. The van der Waals surface area contributed by atoms with Crippen LogP contribution in [0, 0.1) is 0 Å². The first-order valence-electron chi connectivity index (χ1n) is 7.15. The number of nitrogens with one attached hydrogen (secondary N) is 1. The third-order valence-electron chi connectivity index (χ3n) is 3.72. The SMILES string of the molecule is CCc1ccc(CC(NC)c2cccc(OC)c2)cc1. The lowest BCUT2D eigenvalue weighted by Crippen LogP contribution is -2.18. The van der Waals surface area contributed by atoms with Crippen molar-refractivity contribution in [2.75, 3.05) is 14.2 Å². The maximum Gasteiger partial charge on any atom is 0.119 e. The van der Waals surface area contributed by atoms with Crippen molar-refractivity contribution in [1.29, 1.82) is 0 Å². The molecule has 0 saturated carbocycles. The summed E-state index contributed by atoms with van der Waals surface area (Å²) in [5.41, 5.74) is 3.99. The smallest absolute Gasteiger partial charge is 0.119 e. The fourth-order valence-corrected chi connectivity index (χ4v) is 2.39. The summed E-state index contributed by atoms with van der Waals surface area (Å²) >= 11 is 0. The standard InChI is InChI=1S/C18H23NO/c1-4-14-8-10-15(11-9-14)12-18(19-2)16-6-5-7-17(13-16)20-3/h5-11,13,18-19H,4,12H2,1-3H3. The fourth-order valence-electron chi connectivity index (χ4n) is 2.39. The van der Waals surface area contributed by atoms with Crippen molar-refractivity contribution in [3.8, 4) is 5.75 Å². The fraction of sp³-hybridized carbons (Fsp3) is 0.333. The van der Waals surface area contributed by atoms with Crippen molar-refractivity contribution in [2.45, 2.75) is 25.8 Å². The van der Waals surface area contributed by atoms with Crippen molar-refractivity contribution in [1.82, 2.24) is 5.32 Å². The van der Waals surface area contributed by atoms with Crippen molar-refractivity contribution < 1.29 is 4.74 Å². The minimum Gasteiger partial charge on any atom is -0.497 e. The average molecular weight is 269 g/mol. The first-order valence-corrected chi connectivity index (χ1v) is 7.15. The van der Waals surface area contributed by atoms with Crippen LogP contribution in [0.5, 0.6) is 5.75 Å². The van der Waals surface area contributed by atoms with E-state index in [2.05, 4.69) is 48.6 Å². The molecule has 2 aromatic carbocycles. The number of ether oxygens (including phenoxy) is 1. The van der Waals surface area contributed by atoms with Gasteiger partial charge in [0.05, 0.1) is 7.11 Å². The van der Waals surface area contributed by atoms with Gasteiger partial charge < -0.3 is 10.1 Å². The first-order chi connectivity index (χ1) is 9.76. The van der Waals surface area contributed by atoms with E-state index in [1.807, 2.05) is 19.2 Å². The number of hydrogen-bond donors (Lipinski definition) is 1. The minimum absolute atomic E-state index is 0.303. The van der Waals surface area contributed by atoms with Crippen LogP contribution in [-0.2, 0) is 12.8 Å². The molecule has 0 spiro atoms. The first kappa shape index (κ1) is 14.6. The van der Waals surface area contributed by atoms with E-state index in [-0.39, 0.29) is 0 Å². The molecule has 2 aromatic rings. The van der Waals surface area contributed by atoms with Gasteiger partial charge in [0.15, 0.2) is 0 Å². The molecule has 1 unspecified atom stereocenters. The molecule has 0 fully saturated rings. The van der Waals surface area contributed by atoms with Crippen LogP contribution in [0.2, 0.25) is 0 Å². The maximum absolute atomic E-state index is 5.30. The highest BCUT2D eigenvalue weighted by atomic mass is 16.5. The minimum atomic E-state index is 0.303. The Morgan fingerprint density at radius 3 is 2.35 bits per heavy atom. The summed E-state index contributed by atoms with van der Waals surface area (Å²) in [5.74, 6) is 0.907. The molecule has 0 amide bonds. The third kappa shape index (κ3) is 3.61. The molecular formula is C18H23NO. The van der Waals surface area contributed by atoms with E-state index in [1.165, 1.54) is 16.7 Å². The lowest BCUT2D eigenvalue weighted by molar-refractivity contribution is 0.413. The van der Waals surface area contributed by atoms with E-state index in [9.17, 15) is 0 Å². The molecule has 0 aliphatic rings. The number of methoxy groups -OCH3 is 1. The second-order valence-corrected chi connectivity index (χ2v) is 4.99. The Kier molecular flexibility index (Phi) is 5.19. The molecule has 2 nitrogen and oxygen atoms in total. The summed E-state index contributed by atoms with van der Waals surface area (Å²) in [5, 5.41) is 3.39. The quantitative estimate of drug-likeness (QED) is 0.862. The van der Waals surface area contributed by atoms with Crippen LogP contribution in [0.15, 0.2) is 48.5 Å². The molecule has 20 heavy (non-hydrogen) atoms. The zero-order valence-corrected chi connectivity index (χ0v) is 12.5. The Bertz CT molecular complexity index is 533. The van der Waals surface area contributed by atoms with Crippen LogP contribution in [0.25, 0.3) is 0 Å². The summed E-state index contributed by atoms with van der Waals surface area (Å²) in [6, 6.07) is 17.4. The highest BCUT2D eigenvalue weighted by molar-refractivity contribution is 5.32. The van der Waals surface area contributed by atoms with Gasteiger partial charge >= 0.3 is 0 Å². The summed E-state index contributed by atoms with van der Waals surface area (Å²) in [6.07, 6.45) is 2.07. The van der Waals surface area contributed by atoms with Gasteiger partial charge in [-0.25, -0.2) is 0 Å². The normalized spacial score (nSPS) is 12.2. The van der Waals surface area contributed by atoms with Crippen molar-refractivity contribution in [3.05, 3.63) is 65.2 Å². The summed E-state index contributed by atoms with van der Waals surface area (Å²) < 4.78 is 5.30. The number of rotatable bonds is 6. The molecule has 0 aliphatic heterocycles. The van der Waals surface area contributed by atoms with Gasteiger partial charge in [0.1, 0.15) is 5.75 Å². The predicted octanol–water partition coefficient (Wildman–Crippen LogP) is 3.76. The molecule has 2 rings (SSSR count). The summed E-state index contributed by atoms with van der Waals surface area (Å²) in [4.78, 5) is 0. The van der Waals surface area contributed by atoms with Gasteiger partial charge in [0, 0.05) is 6.04 Å². The summed E-state index contributed by atoms with van der Waals surface area (Å²) in [6.45, 7) is 2.18. The van der Waals surface area contributed by atoms with Crippen LogP contribution >= 0.6 is 0 Å². The molecule has 0 radical (unpaired) electrons. The van der Waals surface area contributed by atoms with Gasteiger partial charge in [0.2, 0.25) is 0 Å². The average Bonchev–Trinajstić information content (AvgIpc) is 2.53. The van der Waals surface area contributed by atoms with E-state index in [0.717, 1.165) is 18.6 Å². The lowest BCUT2D eigenvalue weighted by atomic mass is 9.98. The van der Waals surface area contributed by atoms with Gasteiger partial charge in [-0.1, -0.05) is 43.3 Å². The second-order valence-electron chi connectivity index (χ2n) is 4.99. The molecular weight excluding hydrogens is 246 g/mol. The number of hydrogen-bond acceptors (Lipinski definition) is 2. The molecule has 1 atom stereocenters. The molecule has 2 heteroatoms. The van der Waals surface area contributed by atoms with Crippen molar-refractivity contribution in [3.63, 3.8) is 0 Å². The van der Waals surface area contributed by atoms with Crippen LogP contribution in [-0.4, -0.2) is 14.2 Å².